The van der Waals surface area contributed by atoms with E-state index in [1.807, 2.05) is 66.7 Å². The Balaban J connectivity index is 1.76. The molecule has 4 nitrogen and oxygen atoms in total. The maximum Gasteiger partial charge on any atom is 0.227 e. The Morgan fingerprint density at radius 3 is 2.17 bits per heavy atom. The molecule has 1 aliphatic heterocycles. The Morgan fingerprint density at radius 1 is 0.867 bits per heavy atom. The van der Waals surface area contributed by atoms with Crippen molar-refractivity contribution in [3.8, 4) is 0 Å². The van der Waals surface area contributed by atoms with E-state index in [0.29, 0.717) is 5.92 Å². The van der Waals surface area contributed by atoms with E-state index in [1.165, 1.54) is 6.42 Å². The number of guanidine groups is 1. The van der Waals surface area contributed by atoms with Crippen molar-refractivity contribution in [2.75, 3.05) is 18.4 Å². The quantitative estimate of drug-likeness (QED) is 0.438. The third-order valence-corrected chi connectivity index (χ3v) is 5.22. The van der Waals surface area contributed by atoms with Crippen LogP contribution in [0.15, 0.2) is 101 Å². The monoisotopic (exact) mass is 396 g/mol. The second-order valence-corrected chi connectivity index (χ2v) is 7.76. The van der Waals surface area contributed by atoms with E-state index in [4.69, 9.17) is 9.98 Å². The van der Waals surface area contributed by atoms with Crippen LogP contribution in [0.4, 0.5) is 11.4 Å². The van der Waals surface area contributed by atoms with E-state index in [9.17, 15) is 0 Å². The molecule has 1 saturated heterocycles. The van der Waals surface area contributed by atoms with Gasteiger partial charge in [-0.25, -0.2) is 4.99 Å². The number of hydrogen-bond donors (Lipinski definition) is 1. The number of aliphatic imine (C=N–C) groups is 2. The number of para-hydroxylation sites is 2. The van der Waals surface area contributed by atoms with Crippen LogP contribution in [0, 0.1) is 5.92 Å². The number of anilines is 1. The topological polar surface area (TPSA) is 40.0 Å². The maximum atomic E-state index is 5.08. The number of nitrogens with one attached hydrogen (secondary N) is 1. The van der Waals surface area contributed by atoms with Gasteiger partial charge < -0.3 is 10.2 Å². The molecule has 0 aliphatic carbocycles. The summed E-state index contributed by atoms with van der Waals surface area (Å²) in [5.41, 5.74) is 2.96. The third kappa shape index (κ3) is 5.35. The molecule has 1 N–H and O–H groups in total. The van der Waals surface area contributed by atoms with Gasteiger partial charge in [0, 0.05) is 24.3 Å². The number of hydrogen-bond acceptors (Lipinski definition) is 1. The molecule has 1 unspecified atom stereocenters. The maximum absolute atomic E-state index is 5.08. The minimum Gasteiger partial charge on any atom is -0.340 e. The Bertz CT molecular complexity index is 981. The summed E-state index contributed by atoms with van der Waals surface area (Å²) in [6, 6.07) is 30.5. The number of amidine groups is 1. The fraction of sp³-hybridized carbons (Fsp3) is 0.231. The predicted molar refractivity (Wildman–Crippen MR) is 127 cm³/mol. The first-order valence-corrected chi connectivity index (χ1v) is 10.6. The summed E-state index contributed by atoms with van der Waals surface area (Å²) in [7, 11) is 0. The molecule has 1 fully saturated rings. The van der Waals surface area contributed by atoms with Gasteiger partial charge in [0.2, 0.25) is 5.96 Å². The van der Waals surface area contributed by atoms with E-state index in [0.717, 1.165) is 48.2 Å². The van der Waals surface area contributed by atoms with E-state index in [2.05, 4.69) is 41.4 Å². The van der Waals surface area contributed by atoms with Crippen LogP contribution >= 0.6 is 0 Å². The number of likely N-dealkylation sites (tertiary alicyclic amines) is 1. The van der Waals surface area contributed by atoms with Crippen molar-refractivity contribution in [1.29, 1.82) is 0 Å². The van der Waals surface area contributed by atoms with Crippen LogP contribution in [0.1, 0.15) is 25.3 Å². The summed E-state index contributed by atoms with van der Waals surface area (Å²) in [6.45, 7) is 4.26. The van der Waals surface area contributed by atoms with E-state index in [1.54, 1.807) is 0 Å². The first-order valence-electron chi connectivity index (χ1n) is 10.6. The van der Waals surface area contributed by atoms with Crippen LogP contribution in [0.25, 0.3) is 0 Å². The van der Waals surface area contributed by atoms with Gasteiger partial charge in [-0.2, -0.15) is 4.99 Å². The van der Waals surface area contributed by atoms with Gasteiger partial charge in [0.25, 0.3) is 0 Å². The molecular formula is C26H28N4. The SMILES string of the molecule is CC1CCCN(C(N=C(Nc2ccccc2)c2ccccc2)=Nc2ccccc2)C1. The van der Waals surface area contributed by atoms with Gasteiger partial charge in [-0.05, 0) is 43.0 Å². The summed E-state index contributed by atoms with van der Waals surface area (Å²) in [4.78, 5) is 12.3. The van der Waals surface area contributed by atoms with Gasteiger partial charge in [0.05, 0.1) is 5.69 Å². The van der Waals surface area contributed by atoms with Gasteiger partial charge in [-0.15, -0.1) is 0 Å². The van der Waals surface area contributed by atoms with Crippen LogP contribution < -0.4 is 5.32 Å². The molecule has 4 rings (SSSR count). The molecule has 0 saturated carbocycles. The Morgan fingerprint density at radius 2 is 1.50 bits per heavy atom. The third-order valence-electron chi connectivity index (χ3n) is 5.22. The van der Waals surface area contributed by atoms with Crippen molar-refractivity contribution in [3.63, 3.8) is 0 Å². The van der Waals surface area contributed by atoms with Gasteiger partial charge in [-0.3, -0.25) is 0 Å². The Kier molecular flexibility index (Phi) is 6.55. The molecule has 3 aromatic rings. The summed E-state index contributed by atoms with van der Waals surface area (Å²) in [5, 5.41) is 3.50. The van der Waals surface area contributed by atoms with Gasteiger partial charge in [0.15, 0.2) is 0 Å². The molecule has 1 atom stereocenters. The molecular weight excluding hydrogens is 368 g/mol. The highest BCUT2D eigenvalue weighted by atomic mass is 15.3. The summed E-state index contributed by atoms with van der Waals surface area (Å²) < 4.78 is 0. The smallest absolute Gasteiger partial charge is 0.227 e. The molecule has 0 aromatic heterocycles. The molecule has 1 aliphatic rings. The van der Waals surface area contributed by atoms with Gasteiger partial charge >= 0.3 is 0 Å². The lowest BCUT2D eigenvalue weighted by atomic mass is 10.0. The van der Waals surface area contributed by atoms with Crippen LogP contribution in [-0.2, 0) is 0 Å². The van der Waals surface area contributed by atoms with Crippen LogP contribution in [0.5, 0.6) is 0 Å². The fourth-order valence-electron chi connectivity index (χ4n) is 3.67. The normalized spacial score (nSPS) is 17.6. The minimum absolute atomic E-state index is 0.636. The fourth-order valence-corrected chi connectivity index (χ4v) is 3.67. The van der Waals surface area contributed by atoms with Crippen molar-refractivity contribution < 1.29 is 0 Å². The standard InChI is InChI=1S/C26H28N4/c1-21-12-11-19-30(20-21)26(28-24-17-9-4-10-18-24)29-25(22-13-5-2-6-14-22)27-23-15-7-3-8-16-23/h2-10,13-18,21H,11-12,19-20H2,1H3,(H,27,28,29). The van der Waals surface area contributed by atoms with Crippen LogP contribution in [-0.4, -0.2) is 29.8 Å². The lowest BCUT2D eigenvalue weighted by Gasteiger charge is -2.32. The molecule has 4 heteroatoms. The zero-order chi connectivity index (χ0) is 20.6. The zero-order valence-corrected chi connectivity index (χ0v) is 17.4. The zero-order valence-electron chi connectivity index (χ0n) is 17.4. The predicted octanol–water partition coefficient (Wildman–Crippen LogP) is 5.96. The number of rotatable bonds is 3. The van der Waals surface area contributed by atoms with E-state index in [-0.39, 0.29) is 0 Å². The summed E-state index contributed by atoms with van der Waals surface area (Å²) >= 11 is 0. The average molecular weight is 397 g/mol. The molecule has 0 spiro atoms. The number of benzene rings is 3. The van der Waals surface area contributed by atoms with E-state index >= 15 is 0 Å². The largest absolute Gasteiger partial charge is 0.340 e. The van der Waals surface area contributed by atoms with Crippen LogP contribution in [0.2, 0.25) is 0 Å². The molecule has 3 aromatic carbocycles. The minimum atomic E-state index is 0.636. The molecule has 0 radical (unpaired) electrons. The first kappa shape index (κ1) is 19.9. The van der Waals surface area contributed by atoms with Gasteiger partial charge in [0.1, 0.15) is 5.84 Å². The van der Waals surface area contributed by atoms with E-state index < -0.39 is 0 Å². The lowest BCUT2D eigenvalue weighted by molar-refractivity contribution is 0.271. The summed E-state index contributed by atoms with van der Waals surface area (Å²) in [5.74, 6) is 2.20. The highest BCUT2D eigenvalue weighted by Crippen LogP contribution is 2.20. The second-order valence-electron chi connectivity index (χ2n) is 7.76. The Hall–Kier alpha value is -3.40. The average Bonchev–Trinajstić information content (AvgIpc) is 2.80. The number of piperidine rings is 1. The van der Waals surface area contributed by atoms with Crippen molar-refractivity contribution >= 4 is 23.2 Å². The summed E-state index contributed by atoms with van der Waals surface area (Å²) in [6.07, 6.45) is 2.42. The molecule has 1 heterocycles. The highest BCUT2D eigenvalue weighted by molar-refractivity contribution is 6.13. The molecule has 0 amide bonds. The van der Waals surface area contributed by atoms with Crippen molar-refractivity contribution in [3.05, 3.63) is 96.6 Å². The lowest BCUT2D eigenvalue weighted by Crippen LogP contribution is -2.39. The van der Waals surface area contributed by atoms with Gasteiger partial charge in [-0.1, -0.05) is 73.7 Å². The number of nitrogens with zero attached hydrogens (tertiary/aromatic N) is 3. The van der Waals surface area contributed by atoms with Crippen molar-refractivity contribution in [2.45, 2.75) is 19.8 Å². The van der Waals surface area contributed by atoms with Crippen LogP contribution in [0.3, 0.4) is 0 Å². The molecule has 30 heavy (non-hydrogen) atoms. The highest BCUT2D eigenvalue weighted by Gasteiger charge is 2.20. The van der Waals surface area contributed by atoms with Crippen molar-refractivity contribution in [1.82, 2.24) is 4.90 Å². The second kappa shape index (κ2) is 9.88. The Labute approximate surface area is 179 Å². The van der Waals surface area contributed by atoms with Crippen molar-refractivity contribution in [2.24, 2.45) is 15.9 Å². The first-order chi connectivity index (χ1) is 14.8. The molecule has 0 bridgehead atoms. The molecule has 152 valence electrons.